The van der Waals surface area contributed by atoms with E-state index in [2.05, 4.69) is 11.4 Å². The van der Waals surface area contributed by atoms with Gasteiger partial charge in [0.25, 0.3) is 5.91 Å². The molecular formula is C22H30N4O4. The van der Waals surface area contributed by atoms with Crippen molar-refractivity contribution in [3.8, 4) is 6.07 Å². The minimum Gasteiger partial charge on any atom is -0.436 e. The maximum atomic E-state index is 13.4. The number of morpholine rings is 1. The molecular weight excluding hydrogens is 384 g/mol. The van der Waals surface area contributed by atoms with E-state index in [0.29, 0.717) is 52.2 Å². The van der Waals surface area contributed by atoms with Crippen molar-refractivity contribution in [3.05, 3.63) is 35.9 Å². The maximum absolute atomic E-state index is 13.4. The molecule has 1 aromatic carbocycles. The fourth-order valence-electron chi connectivity index (χ4n) is 3.85. The molecule has 1 N–H and O–H groups in total. The van der Waals surface area contributed by atoms with Gasteiger partial charge in [-0.05, 0) is 31.4 Å². The van der Waals surface area contributed by atoms with Crippen LogP contribution in [0, 0.1) is 11.3 Å². The molecule has 0 spiro atoms. The van der Waals surface area contributed by atoms with Gasteiger partial charge >= 0.3 is 6.09 Å². The van der Waals surface area contributed by atoms with Crippen LogP contribution in [0.25, 0.3) is 0 Å². The molecule has 0 radical (unpaired) electrons. The predicted molar refractivity (Wildman–Crippen MR) is 111 cm³/mol. The van der Waals surface area contributed by atoms with Crippen molar-refractivity contribution >= 4 is 12.0 Å². The number of amides is 2. The summed E-state index contributed by atoms with van der Waals surface area (Å²) in [5, 5.41) is 12.3. The second-order valence-electron chi connectivity index (χ2n) is 7.58. The molecule has 2 saturated heterocycles. The van der Waals surface area contributed by atoms with Crippen molar-refractivity contribution in [2.45, 2.75) is 37.8 Å². The average Bonchev–Trinajstić information content (AvgIpc) is 3.32. The summed E-state index contributed by atoms with van der Waals surface area (Å²) in [6, 6.07) is 12.0. The van der Waals surface area contributed by atoms with E-state index in [4.69, 9.17) is 14.7 Å². The highest BCUT2D eigenvalue weighted by atomic mass is 16.6. The lowest BCUT2D eigenvalue weighted by atomic mass is 10.0. The van der Waals surface area contributed by atoms with Crippen LogP contribution < -0.4 is 5.32 Å². The van der Waals surface area contributed by atoms with Crippen molar-refractivity contribution in [1.29, 1.82) is 5.26 Å². The average molecular weight is 415 g/mol. The number of hydrogen-bond donors (Lipinski definition) is 1. The van der Waals surface area contributed by atoms with E-state index in [9.17, 15) is 9.59 Å². The van der Waals surface area contributed by atoms with Gasteiger partial charge in [-0.3, -0.25) is 4.79 Å². The first-order valence-electron chi connectivity index (χ1n) is 10.6. The second kappa shape index (κ2) is 11.5. The molecule has 0 aliphatic carbocycles. The first kappa shape index (κ1) is 22.1. The van der Waals surface area contributed by atoms with E-state index >= 15 is 0 Å². The van der Waals surface area contributed by atoms with Gasteiger partial charge in [0, 0.05) is 32.2 Å². The summed E-state index contributed by atoms with van der Waals surface area (Å²) >= 11 is 0. The lowest BCUT2D eigenvalue weighted by Crippen LogP contribution is -2.50. The zero-order chi connectivity index (χ0) is 21.2. The number of carbonyl (C=O) groups excluding carboxylic acids is 2. The molecule has 0 saturated carbocycles. The zero-order valence-electron chi connectivity index (χ0n) is 17.3. The number of benzene rings is 1. The van der Waals surface area contributed by atoms with E-state index < -0.39 is 12.2 Å². The number of nitrogens with one attached hydrogen (secondary N) is 1. The van der Waals surface area contributed by atoms with Crippen LogP contribution in [0.4, 0.5) is 4.79 Å². The van der Waals surface area contributed by atoms with Crippen LogP contribution in [0.2, 0.25) is 0 Å². The van der Waals surface area contributed by atoms with Crippen molar-refractivity contribution in [2.75, 3.05) is 45.9 Å². The highest BCUT2D eigenvalue weighted by Gasteiger charge is 2.34. The smallest absolute Gasteiger partial charge is 0.410 e. The molecule has 3 rings (SSSR count). The Morgan fingerprint density at radius 2 is 2.07 bits per heavy atom. The predicted octanol–water partition coefficient (Wildman–Crippen LogP) is 1.56. The first-order valence-corrected chi connectivity index (χ1v) is 10.6. The Morgan fingerprint density at radius 3 is 2.73 bits per heavy atom. The number of nitrogens with zero attached hydrogens (tertiary/aromatic N) is 3. The van der Waals surface area contributed by atoms with E-state index in [1.54, 1.807) is 9.80 Å². The van der Waals surface area contributed by atoms with Gasteiger partial charge in [0.05, 0.1) is 25.7 Å². The van der Waals surface area contributed by atoms with Crippen LogP contribution in [0.15, 0.2) is 30.3 Å². The van der Waals surface area contributed by atoms with Crippen LogP contribution in [0.5, 0.6) is 0 Å². The maximum Gasteiger partial charge on any atom is 0.410 e. The third-order valence-corrected chi connectivity index (χ3v) is 5.55. The quantitative estimate of drug-likeness (QED) is 0.694. The fourth-order valence-corrected chi connectivity index (χ4v) is 3.85. The van der Waals surface area contributed by atoms with Crippen molar-refractivity contribution in [1.82, 2.24) is 15.1 Å². The largest absolute Gasteiger partial charge is 0.436 e. The van der Waals surface area contributed by atoms with E-state index in [-0.39, 0.29) is 18.4 Å². The molecule has 2 aliphatic rings. The van der Waals surface area contributed by atoms with Gasteiger partial charge in [0.15, 0.2) is 6.10 Å². The summed E-state index contributed by atoms with van der Waals surface area (Å²) in [5.74, 6) is -0.212. The Hall–Kier alpha value is -2.63. The lowest BCUT2D eigenvalue weighted by Gasteiger charge is -2.33. The molecule has 1 aromatic rings. The molecule has 0 aromatic heterocycles. The van der Waals surface area contributed by atoms with Gasteiger partial charge in [-0.1, -0.05) is 30.3 Å². The monoisotopic (exact) mass is 414 g/mol. The van der Waals surface area contributed by atoms with Crippen LogP contribution in [0.3, 0.4) is 0 Å². The number of nitriles is 1. The summed E-state index contributed by atoms with van der Waals surface area (Å²) in [6.45, 7) is 3.74. The fraction of sp³-hybridized carbons (Fsp3) is 0.591. The number of aryl methyl sites for hydroxylation is 1. The SMILES string of the molecule is N#CCCN(C(=O)C(CCc1ccccc1)OC(=O)N1CCOCC1)C1CCNC1. The molecule has 2 aliphatic heterocycles. The second-order valence-corrected chi connectivity index (χ2v) is 7.58. The lowest BCUT2D eigenvalue weighted by molar-refractivity contribution is -0.143. The number of rotatable bonds is 8. The number of hydrogen-bond acceptors (Lipinski definition) is 6. The highest BCUT2D eigenvalue weighted by Crippen LogP contribution is 2.17. The molecule has 30 heavy (non-hydrogen) atoms. The normalized spacial score (nSPS) is 19.7. The third-order valence-electron chi connectivity index (χ3n) is 5.55. The number of carbonyl (C=O) groups is 2. The first-order chi connectivity index (χ1) is 14.7. The zero-order valence-corrected chi connectivity index (χ0v) is 17.3. The van der Waals surface area contributed by atoms with Crippen molar-refractivity contribution < 1.29 is 19.1 Å². The molecule has 2 fully saturated rings. The molecule has 2 atom stereocenters. The molecule has 162 valence electrons. The Bertz CT molecular complexity index is 724. The van der Waals surface area contributed by atoms with Gasteiger partial charge in [0.1, 0.15) is 0 Å². The number of ether oxygens (including phenoxy) is 2. The minimum atomic E-state index is -0.875. The van der Waals surface area contributed by atoms with Crippen LogP contribution in [0.1, 0.15) is 24.8 Å². The molecule has 8 nitrogen and oxygen atoms in total. The van der Waals surface area contributed by atoms with E-state index in [1.807, 2.05) is 30.3 Å². The molecule has 2 heterocycles. The van der Waals surface area contributed by atoms with Gasteiger partial charge in [-0.15, -0.1) is 0 Å². The molecule has 2 amide bonds. The van der Waals surface area contributed by atoms with Gasteiger partial charge in [-0.25, -0.2) is 4.79 Å². The Morgan fingerprint density at radius 1 is 1.30 bits per heavy atom. The Balaban J connectivity index is 1.72. The van der Waals surface area contributed by atoms with Crippen molar-refractivity contribution in [2.24, 2.45) is 0 Å². The summed E-state index contributed by atoms with van der Waals surface area (Å²) in [6.07, 6.45) is 0.768. The summed E-state index contributed by atoms with van der Waals surface area (Å²) in [5.41, 5.74) is 1.09. The summed E-state index contributed by atoms with van der Waals surface area (Å²) in [7, 11) is 0. The van der Waals surface area contributed by atoms with Crippen LogP contribution in [-0.2, 0) is 20.7 Å². The topological polar surface area (TPSA) is 94.9 Å². The van der Waals surface area contributed by atoms with E-state index in [0.717, 1.165) is 18.5 Å². The standard InChI is InChI=1S/C22H30N4O4/c23-10-4-12-26(19-9-11-24-17-19)21(27)20(8-7-18-5-2-1-3-6-18)30-22(28)25-13-15-29-16-14-25/h1-3,5-6,19-20,24H,4,7-9,11-17H2. The molecule has 2 unspecified atom stereocenters. The summed E-state index contributed by atoms with van der Waals surface area (Å²) < 4.78 is 11.0. The van der Waals surface area contributed by atoms with Crippen LogP contribution in [-0.4, -0.2) is 79.9 Å². The van der Waals surface area contributed by atoms with E-state index in [1.165, 1.54) is 0 Å². The Kier molecular flexibility index (Phi) is 8.48. The van der Waals surface area contributed by atoms with Crippen LogP contribution >= 0.6 is 0 Å². The molecule has 8 heteroatoms. The van der Waals surface area contributed by atoms with Crippen molar-refractivity contribution in [3.63, 3.8) is 0 Å². The molecule has 0 bridgehead atoms. The van der Waals surface area contributed by atoms with Gasteiger partial charge in [0.2, 0.25) is 0 Å². The van der Waals surface area contributed by atoms with Gasteiger partial charge < -0.3 is 24.6 Å². The minimum absolute atomic E-state index is 0.0205. The Labute approximate surface area is 177 Å². The van der Waals surface area contributed by atoms with Gasteiger partial charge in [-0.2, -0.15) is 5.26 Å². The third kappa shape index (κ3) is 6.18. The summed E-state index contributed by atoms with van der Waals surface area (Å²) in [4.78, 5) is 29.5. The highest BCUT2D eigenvalue weighted by molar-refractivity contribution is 5.84.